The van der Waals surface area contributed by atoms with E-state index in [0.29, 0.717) is 12.4 Å². The summed E-state index contributed by atoms with van der Waals surface area (Å²) < 4.78 is 32.7. The predicted octanol–water partition coefficient (Wildman–Crippen LogP) is 2.56. The zero-order valence-electron chi connectivity index (χ0n) is 16.4. The minimum Gasteiger partial charge on any atom is -0.489 e. The van der Waals surface area contributed by atoms with Gasteiger partial charge in [0.15, 0.2) is 0 Å². The molecule has 7 nitrogen and oxygen atoms in total. The van der Waals surface area contributed by atoms with Crippen LogP contribution in [0.2, 0.25) is 0 Å². The van der Waals surface area contributed by atoms with Crippen LogP contribution in [0.3, 0.4) is 0 Å². The summed E-state index contributed by atoms with van der Waals surface area (Å²) in [6.45, 7) is 3.82. The fraction of sp³-hybridized carbons (Fsp3) is 0.381. The molecule has 2 aromatic rings. The van der Waals surface area contributed by atoms with Gasteiger partial charge in [0.1, 0.15) is 18.4 Å². The zero-order valence-corrected chi connectivity index (χ0v) is 17.2. The lowest BCUT2D eigenvalue weighted by Gasteiger charge is -2.39. The van der Waals surface area contributed by atoms with E-state index in [1.165, 1.54) is 19.1 Å². The number of nitrogens with zero attached hydrogens (tertiary/aromatic N) is 1. The zero-order chi connectivity index (χ0) is 21.2. The maximum atomic E-state index is 13.0. The molecule has 1 heterocycles. The van der Waals surface area contributed by atoms with Gasteiger partial charge in [-0.05, 0) is 55.7 Å². The van der Waals surface area contributed by atoms with Crippen molar-refractivity contribution in [2.75, 3.05) is 6.54 Å². The number of aryl methyl sites for hydroxylation is 1. The van der Waals surface area contributed by atoms with Crippen LogP contribution in [-0.4, -0.2) is 47.1 Å². The Labute approximate surface area is 170 Å². The summed E-state index contributed by atoms with van der Waals surface area (Å²) in [7, 11) is -4.01. The number of ether oxygens (including phenoxy) is 1. The number of aliphatic carboxylic acids is 1. The quantitative estimate of drug-likeness (QED) is 0.746. The van der Waals surface area contributed by atoms with Gasteiger partial charge in [0.25, 0.3) is 0 Å². The highest BCUT2D eigenvalue weighted by Crippen LogP contribution is 2.31. The minimum atomic E-state index is -4.01. The topological polar surface area (TPSA) is 104 Å². The molecule has 1 aliphatic heterocycles. The Morgan fingerprint density at radius 3 is 2.48 bits per heavy atom. The lowest BCUT2D eigenvalue weighted by atomic mass is 9.90. The van der Waals surface area contributed by atoms with Crippen LogP contribution < -0.4 is 4.74 Å². The van der Waals surface area contributed by atoms with Crippen molar-refractivity contribution < 1.29 is 28.2 Å². The number of aliphatic hydroxyl groups is 1. The van der Waals surface area contributed by atoms with Crippen LogP contribution in [0.4, 0.5) is 0 Å². The Hall–Kier alpha value is -2.42. The summed E-state index contributed by atoms with van der Waals surface area (Å²) in [5.74, 6) is -0.754. The molecule has 2 atom stereocenters. The second-order valence-electron chi connectivity index (χ2n) is 7.61. The Balaban J connectivity index is 1.76. The van der Waals surface area contributed by atoms with Crippen molar-refractivity contribution in [3.8, 4) is 5.75 Å². The molecule has 1 fully saturated rings. The molecular formula is C21H25NO6S. The number of hydrogen-bond donors (Lipinski definition) is 2. The lowest BCUT2D eigenvalue weighted by molar-refractivity contribution is -0.146. The van der Waals surface area contributed by atoms with Gasteiger partial charge >= 0.3 is 5.97 Å². The molecule has 0 bridgehead atoms. The van der Waals surface area contributed by atoms with Crippen molar-refractivity contribution in [1.29, 1.82) is 0 Å². The molecule has 2 unspecified atom stereocenters. The van der Waals surface area contributed by atoms with Crippen molar-refractivity contribution in [3.63, 3.8) is 0 Å². The van der Waals surface area contributed by atoms with E-state index >= 15 is 0 Å². The van der Waals surface area contributed by atoms with E-state index in [0.717, 1.165) is 15.4 Å². The second kappa shape index (κ2) is 8.14. The highest BCUT2D eigenvalue weighted by molar-refractivity contribution is 7.89. The maximum absolute atomic E-state index is 13.0. The number of carbonyl (C=O) groups is 1. The fourth-order valence-electron chi connectivity index (χ4n) is 3.40. The van der Waals surface area contributed by atoms with Crippen LogP contribution in [0.15, 0.2) is 53.4 Å². The molecule has 8 heteroatoms. The summed E-state index contributed by atoms with van der Waals surface area (Å²) in [5, 5.41) is 19.6. The first-order valence-corrected chi connectivity index (χ1v) is 10.8. The van der Waals surface area contributed by atoms with Crippen molar-refractivity contribution in [2.45, 2.75) is 49.8 Å². The predicted molar refractivity (Wildman–Crippen MR) is 107 cm³/mol. The standard InChI is InChI=1S/C21H25NO6S/c1-15-5-3-4-6-16(15)14-28-17-7-9-18(10-8-17)29(26,27)22-12-11-21(2,25)13-19(22)20(23)24/h3-10,19,25H,11-14H2,1-2H3,(H,23,24). The van der Waals surface area contributed by atoms with Gasteiger partial charge < -0.3 is 14.9 Å². The average molecular weight is 419 g/mol. The van der Waals surface area contributed by atoms with Crippen molar-refractivity contribution in [2.24, 2.45) is 0 Å². The number of carboxylic acids is 1. The summed E-state index contributed by atoms with van der Waals surface area (Å²) >= 11 is 0. The normalized spacial score (nSPS) is 22.9. The third-order valence-corrected chi connectivity index (χ3v) is 7.14. The van der Waals surface area contributed by atoms with Gasteiger partial charge in [-0.3, -0.25) is 4.79 Å². The molecule has 1 aliphatic rings. The van der Waals surface area contributed by atoms with E-state index < -0.39 is 27.6 Å². The Morgan fingerprint density at radius 1 is 1.21 bits per heavy atom. The molecule has 156 valence electrons. The number of rotatable bonds is 6. The third kappa shape index (κ3) is 4.77. The van der Waals surface area contributed by atoms with E-state index in [2.05, 4.69) is 0 Å². The van der Waals surface area contributed by atoms with Crippen molar-refractivity contribution in [3.05, 3.63) is 59.7 Å². The van der Waals surface area contributed by atoms with Crippen LogP contribution in [0, 0.1) is 6.92 Å². The SMILES string of the molecule is Cc1ccccc1COc1ccc(S(=O)(=O)N2CCC(C)(O)CC2C(=O)O)cc1. The summed E-state index contributed by atoms with van der Waals surface area (Å²) in [4.78, 5) is 11.6. The first kappa shape index (κ1) is 21.3. The smallest absolute Gasteiger partial charge is 0.322 e. The van der Waals surface area contributed by atoms with Crippen LogP contribution in [0.1, 0.15) is 30.9 Å². The molecule has 0 spiro atoms. The van der Waals surface area contributed by atoms with Gasteiger partial charge in [0.2, 0.25) is 10.0 Å². The molecule has 0 aromatic heterocycles. The summed E-state index contributed by atoms with van der Waals surface area (Å²) in [6, 6.07) is 12.5. The third-order valence-electron chi connectivity index (χ3n) is 5.22. The van der Waals surface area contributed by atoms with E-state index in [1.807, 2.05) is 31.2 Å². The van der Waals surface area contributed by atoms with E-state index in [-0.39, 0.29) is 24.3 Å². The van der Waals surface area contributed by atoms with Crippen LogP contribution in [0.5, 0.6) is 5.75 Å². The van der Waals surface area contributed by atoms with Gasteiger partial charge in [-0.15, -0.1) is 0 Å². The first-order valence-electron chi connectivity index (χ1n) is 9.34. The van der Waals surface area contributed by atoms with Crippen LogP contribution >= 0.6 is 0 Å². The van der Waals surface area contributed by atoms with Gasteiger partial charge in [-0.25, -0.2) is 8.42 Å². The summed E-state index contributed by atoms with van der Waals surface area (Å²) in [6.07, 6.45) is 0.0207. The van der Waals surface area contributed by atoms with Crippen molar-refractivity contribution >= 4 is 16.0 Å². The fourth-order valence-corrected chi connectivity index (χ4v) is 4.98. The molecule has 0 aliphatic carbocycles. The van der Waals surface area contributed by atoms with Gasteiger partial charge in [-0.1, -0.05) is 24.3 Å². The Bertz CT molecular complexity index is 984. The van der Waals surface area contributed by atoms with E-state index in [4.69, 9.17) is 4.74 Å². The molecule has 0 radical (unpaired) electrons. The van der Waals surface area contributed by atoms with Gasteiger partial charge in [0.05, 0.1) is 10.5 Å². The molecule has 29 heavy (non-hydrogen) atoms. The van der Waals surface area contributed by atoms with E-state index in [1.54, 1.807) is 12.1 Å². The van der Waals surface area contributed by atoms with E-state index in [9.17, 15) is 23.4 Å². The molecule has 2 aromatic carbocycles. The monoisotopic (exact) mass is 419 g/mol. The molecule has 3 rings (SSSR count). The van der Waals surface area contributed by atoms with Crippen molar-refractivity contribution in [1.82, 2.24) is 4.31 Å². The molecule has 0 amide bonds. The number of hydrogen-bond acceptors (Lipinski definition) is 5. The molecule has 1 saturated heterocycles. The minimum absolute atomic E-state index is 0.00599. The largest absolute Gasteiger partial charge is 0.489 e. The maximum Gasteiger partial charge on any atom is 0.322 e. The van der Waals surface area contributed by atoms with Crippen LogP contribution in [-0.2, 0) is 21.4 Å². The van der Waals surface area contributed by atoms with Gasteiger partial charge in [0, 0.05) is 13.0 Å². The molecule has 2 N–H and O–H groups in total. The number of carboxylic acid groups (broad SMARTS) is 1. The first-order chi connectivity index (χ1) is 13.6. The summed E-state index contributed by atoms with van der Waals surface area (Å²) in [5.41, 5.74) is 0.934. The Kier molecular flexibility index (Phi) is 5.97. The highest BCUT2D eigenvalue weighted by atomic mass is 32.2. The molecular weight excluding hydrogens is 394 g/mol. The number of benzene rings is 2. The average Bonchev–Trinajstić information content (AvgIpc) is 2.66. The van der Waals surface area contributed by atoms with Gasteiger partial charge in [-0.2, -0.15) is 4.31 Å². The van der Waals surface area contributed by atoms with Crippen LogP contribution in [0.25, 0.3) is 0 Å². The lowest BCUT2D eigenvalue weighted by Crippen LogP contribution is -2.54. The number of sulfonamides is 1. The number of piperidine rings is 1. The highest BCUT2D eigenvalue weighted by Gasteiger charge is 2.44. The second-order valence-corrected chi connectivity index (χ2v) is 9.50. The molecule has 0 saturated carbocycles. The Morgan fingerprint density at radius 2 is 1.86 bits per heavy atom.